The zero-order chi connectivity index (χ0) is 41.4. The molecule has 10 nitrogen and oxygen atoms in total. The monoisotopic (exact) mass is 759 g/mol. The Morgan fingerprint density at radius 1 is 0.772 bits per heavy atom. The summed E-state index contributed by atoms with van der Waals surface area (Å²) in [5.74, 6) is 1.82. The van der Waals surface area contributed by atoms with Gasteiger partial charge in [0.05, 0.1) is 29.4 Å². The molecular formula is C47H51N8O2+. The Labute approximate surface area is 335 Å². The molecule has 0 bridgehead atoms. The molecule has 0 spiro atoms. The number of Topliss-reactive ketones (excluding diaryl/α,β-unsaturated/α-hetero) is 1. The molecule has 57 heavy (non-hydrogen) atoms. The van der Waals surface area contributed by atoms with Gasteiger partial charge in [0, 0.05) is 132 Å². The van der Waals surface area contributed by atoms with Crippen LogP contribution in [0.15, 0.2) is 89.3 Å². The number of phenols is 1. The second kappa shape index (κ2) is 14.2. The lowest BCUT2D eigenvalue weighted by Crippen LogP contribution is -2.42. The van der Waals surface area contributed by atoms with Gasteiger partial charge < -0.3 is 29.6 Å². The minimum atomic E-state index is -0.262. The minimum Gasteiger partial charge on any atom is -0.507 e. The second-order valence-corrected chi connectivity index (χ2v) is 16.2. The number of phenolic OH excluding ortho intramolecular Hbond substituents is 1. The molecule has 0 aliphatic heterocycles. The summed E-state index contributed by atoms with van der Waals surface area (Å²) in [6.45, 7) is 8.40. The summed E-state index contributed by atoms with van der Waals surface area (Å²) in [4.78, 5) is 29.9. The van der Waals surface area contributed by atoms with Crippen LogP contribution in [0.25, 0.3) is 37.5 Å². The molecule has 2 atom stereocenters. The highest BCUT2D eigenvalue weighted by atomic mass is 16.3. The molecule has 0 saturated carbocycles. The van der Waals surface area contributed by atoms with Gasteiger partial charge in [0.2, 0.25) is 0 Å². The first-order valence-electron chi connectivity index (χ1n) is 19.0. The summed E-state index contributed by atoms with van der Waals surface area (Å²) in [6.07, 6.45) is 6.37. The molecule has 3 aliphatic rings. The van der Waals surface area contributed by atoms with Gasteiger partial charge in [0.15, 0.2) is 11.5 Å². The topological polar surface area (TPSA) is 84.7 Å². The molecule has 3 aliphatic carbocycles. The number of carbonyl (C=O) groups is 1. The van der Waals surface area contributed by atoms with Crippen LogP contribution in [0.5, 0.6) is 5.75 Å². The third-order valence-corrected chi connectivity index (χ3v) is 11.5. The lowest BCUT2D eigenvalue weighted by atomic mass is 9.62. The summed E-state index contributed by atoms with van der Waals surface area (Å²) in [5.41, 5.74) is 10.3. The molecule has 0 amide bonds. The van der Waals surface area contributed by atoms with Gasteiger partial charge >= 0.3 is 0 Å². The Kier molecular flexibility index (Phi) is 9.63. The van der Waals surface area contributed by atoms with Crippen LogP contribution in [-0.2, 0) is 4.79 Å². The van der Waals surface area contributed by atoms with Crippen LogP contribution in [-0.4, -0.2) is 117 Å². The average Bonchev–Trinajstić information content (AvgIpc) is 3.16. The Morgan fingerprint density at radius 2 is 1.40 bits per heavy atom. The van der Waals surface area contributed by atoms with Crippen LogP contribution in [0, 0.1) is 23.8 Å². The zero-order valence-corrected chi connectivity index (χ0v) is 35.0. The quantitative estimate of drug-likeness (QED) is 0.0683. The van der Waals surface area contributed by atoms with Crippen LogP contribution < -0.4 is 19.6 Å². The fourth-order valence-corrected chi connectivity index (χ4v) is 9.29. The van der Waals surface area contributed by atoms with E-state index < -0.39 is 0 Å². The largest absolute Gasteiger partial charge is 0.507 e. The van der Waals surface area contributed by atoms with E-state index in [0.29, 0.717) is 27.7 Å². The summed E-state index contributed by atoms with van der Waals surface area (Å²) in [5, 5.41) is 23.5. The number of hydrogen-bond donors (Lipinski definition) is 2. The third kappa shape index (κ3) is 5.64. The van der Waals surface area contributed by atoms with Crippen LogP contribution in [0.2, 0.25) is 0 Å². The van der Waals surface area contributed by atoms with Crippen molar-refractivity contribution in [1.82, 2.24) is 4.90 Å². The highest BCUT2D eigenvalue weighted by molar-refractivity contribution is 6.47. The van der Waals surface area contributed by atoms with Gasteiger partial charge in [0.1, 0.15) is 19.8 Å². The van der Waals surface area contributed by atoms with Crippen molar-refractivity contribution in [3.63, 3.8) is 0 Å². The van der Waals surface area contributed by atoms with Gasteiger partial charge in [-0.2, -0.15) is 0 Å². The van der Waals surface area contributed by atoms with Gasteiger partial charge in [-0.25, -0.2) is 9.42 Å². The number of nitrogens with one attached hydrogen (secondary N) is 1. The summed E-state index contributed by atoms with van der Waals surface area (Å²) < 4.78 is 2.19. The molecule has 0 aromatic heterocycles. The zero-order valence-electron chi connectivity index (χ0n) is 35.0. The Bertz CT molecular complexity index is 2690. The molecular weight excluding hydrogens is 709 g/mol. The standard InChI is InChI=1S/C47H50N8O2/c1-49-29(25-48)40-43(35-26-17-14-20-30(50(2)3)36(26)45(54(10)11)37-27(35)18-15-21-31(37)51(4)5)47(57)44(40)39-28-19-16-22-32(52(6)7)38(28)46(55(12)13)41-33(53(8)9)23-24-34(56)42(39)41/h14-24,26,36,48H,2-13H3/p+1. The molecule has 2 N–H and O–H groups in total. The number of carbonyl (C=O) groups excluding carboxylic acids is 1. The number of rotatable bonds is 7. The van der Waals surface area contributed by atoms with Crippen molar-refractivity contribution in [3.05, 3.63) is 117 Å². The molecule has 4 aromatic carbocycles. The molecule has 290 valence electrons. The normalized spacial score (nSPS) is 18.3. The van der Waals surface area contributed by atoms with Crippen LogP contribution in [0.4, 0.5) is 22.7 Å². The first-order chi connectivity index (χ1) is 27.1. The summed E-state index contributed by atoms with van der Waals surface area (Å²) in [6, 6.07) is 15.8. The fourth-order valence-electron chi connectivity index (χ4n) is 9.29. The van der Waals surface area contributed by atoms with E-state index in [4.69, 9.17) is 12.0 Å². The van der Waals surface area contributed by atoms with Crippen LogP contribution >= 0.6 is 0 Å². The maximum Gasteiger partial charge on any atom is 0.254 e. The predicted molar refractivity (Wildman–Crippen MR) is 238 cm³/mol. The van der Waals surface area contributed by atoms with Crippen molar-refractivity contribution >= 4 is 72.8 Å². The van der Waals surface area contributed by atoms with Gasteiger partial charge in [-0.1, -0.05) is 36.4 Å². The number of allylic oxidation sites excluding steroid dienone is 7. The molecule has 0 radical (unpaired) electrons. The molecule has 4 aromatic rings. The number of fused-ring (bicyclic) bond motifs is 4. The highest BCUT2D eigenvalue weighted by Gasteiger charge is 2.50. The fraction of sp³-hybridized carbons (Fsp3) is 0.298. The Morgan fingerprint density at radius 3 is 1.98 bits per heavy atom. The number of aromatic hydroxyl groups is 1. The summed E-state index contributed by atoms with van der Waals surface area (Å²) >= 11 is 0. The van der Waals surface area contributed by atoms with E-state index in [-0.39, 0.29) is 29.1 Å². The van der Waals surface area contributed by atoms with E-state index in [1.54, 1.807) is 6.07 Å². The number of nitrogens with zero attached hydrogens (tertiary/aromatic N) is 7. The number of ketones is 1. The van der Waals surface area contributed by atoms with E-state index in [1.165, 1.54) is 0 Å². The maximum atomic E-state index is 15.7. The number of hydrogen-bond acceptors (Lipinski definition) is 8. The Balaban J connectivity index is 1.75. The first kappa shape index (κ1) is 38.7. The smallest absolute Gasteiger partial charge is 0.254 e. The third-order valence-electron chi connectivity index (χ3n) is 11.5. The van der Waals surface area contributed by atoms with Crippen molar-refractivity contribution < 1.29 is 14.5 Å². The number of benzene rings is 4. The second-order valence-electron chi connectivity index (χ2n) is 16.2. The molecule has 0 fully saturated rings. The van der Waals surface area contributed by atoms with E-state index in [2.05, 4.69) is 85.4 Å². The first-order valence-corrected chi connectivity index (χ1v) is 19.0. The van der Waals surface area contributed by atoms with Crippen LogP contribution in [0.3, 0.4) is 0 Å². The van der Waals surface area contributed by atoms with Crippen molar-refractivity contribution in [1.29, 1.82) is 5.41 Å². The molecule has 2 unspecified atom stereocenters. The Hall–Kier alpha value is -6.56. The predicted octanol–water partition coefficient (Wildman–Crippen LogP) is 7.13. The molecule has 0 saturated heterocycles. The highest BCUT2D eigenvalue weighted by Crippen LogP contribution is 2.58. The minimum absolute atomic E-state index is 0.0229. The molecule has 7 rings (SSSR count). The lowest BCUT2D eigenvalue weighted by molar-refractivity contribution is -0.466. The molecule has 0 heterocycles. The van der Waals surface area contributed by atoms with Crippen LogP contribution in [0.1, 0.15) is 16.7 Å². The van der Waals surface area contributed by atoms with Gasteiger partial charge in [-0.3, -0.25) is 10.2 Å². The summed E-state index contributed by atoms with van der Waals surface area (Å²) in [7, 11) is 24.2. The lowest BCUT2D eigenvalue weighted by Gasteiger charge is -2.42. The van der Waals surface area contributed by atoms with E-state index in [0.717, 1.165) is 67.0 Å². The van der Waals surface area contributed by atoms with E-state index in [9.17, 15) is 5.11 Å². The van der Waals surface area contributed by atoms with Gasteiger partial charge in [-0.15, -0.1) is 0 Å². The van der Waals surface area contributed by atoms with Crippen molar-refractivity contribution in [2.24, 2.45) is 11.8 Å². The van der Waals surface area contributed by atoms with Gasteiger partial charge in [0.25, 0.3) is 5.70 Å². The van der Waals surface area contributed by atoms with Crippen molar-refractivity contribution in [2.75, 3.05) is 104 Å². The van der Waals surface area contributed by atoms with E-state index in [1.807, 2.05) is 99.6 Å². The SMILES string of the molecule is [C-]#[N+]C(=C=N)C1=C(c2c3cccc(N(C)C)c3c(N(C)C)c3c(N(C)C)ccc(O)c23)C(=O)/C1=C1/c2cccc(N(C)C)c2C(=[N+](C)C)C2C(N(C)C)=CC=CC12. The molecule has 10 heteroatoms. The van der Waals surface area contributed by atoms with Crippen molar-refractivity contribution in [2.45, 2.75) is 0 Å². The average molecular weight is 760 g/mol. The van der Waals surface area contributed by atoms with E-state index >= 15 is 4.79 Å². The van der Waals surface area contributed by atoms with Crippen molar-refractivity contribution in [3.8, 4) is 5.75 Å². The number of anilines is 4. The van der Waals surface area contributed by atoms with Gasteiger partial charge in [-0.05, 0) is 52.7 Å². The maximum absolute atomic E-state index is 15.7.